The summed E-state index contributed by atoms with van der Waals surface area (Å²) in [7, 11) is 0. The van der Waals surface area contributed by atoms with Crippen molar-refractivity contribution in [3.05, 3.63) is 77.4 Å². The number of halogens is 1. The second-order valence-electron chi connectivity index (χ2n) is 8.28. The average molecular weight is 390 g/mol. The van der Waals surface area contributed by atoms with Gasteiger partial charge in [0.05, 0.1) is 12.0 Å². The summed E-state index contributed by atoms with van der Waals surface area (Å²) in [6.45, 7) is 2.86. The molecule has 148 valence electrons. The summed E-state index contributed by atoms with van der Waals surface area (Å²) >= 11 is 0. The highest BCUT2D eigenvalue weighted by molar-refractivity contribution is 6.00. The largest absolute Gasteiger partial charge is 0.292 e. The van der Waals surface area contributed by atoms with Crippen LogP contribution in [0.25, 0.3) is 0 Å². The van der Waals surface area contributed by atoms with Crippen LogP contribution in [0.3, 0.4) is 0 Å². The van der Waals surface area contributed by atoms with Crippen molar-refractivity contribution in [2.75, 3.05) is 5.32 Å². The lowest BCUT2D eigenvalue weighted by Crippen LogP contribution is -2.28. The van der Waals surface area contributed by atoms with E-state index in [1.165, 1.54) is 12.1 Å². The zero-order valence-corrected chi connectivity index (χ0v) is 16.3. The Bertz CT molecular complexity index is 1040. The normalized spacial score (nSPS) is 22.0. The van der Waals surface area contributed by atoms with Crippen LogP contribution in [-0.4, -0.2) is 20.7 Å². The monoisotopic (exact) mass is 390 g/mol. The summed E-state index contributed by atoms with van der Waals surface area (Å²) in [5, 5.41) is 7.50. The number of anilines is 1. The van der Waals surface area contributed by atoms with Crippen molar-refractivity contribution < 1.29 is 9.18 Å². The lowest BCUT2D eigenvalue weighted by molar-refractivity contribution is -0.118. The molecule has 0 spiro atoms. The number of benzene rings is 2. The van der Waals surface area contributed by atoms with E-state index in [4.69, 9.17) is 0 Å². The Morgan fingerprint density at radius 2 is 1.86 bits per heavy atom. The predicted molar refractivity (Wildman–Crippen MR) is 108 cm³/mol. The van der Waals surface area contributed by atoms with Gasteiger partial charge in [-0.25, -0.2) is 9.07 Å². The predicted octanol–water partition coefficient (Wildman–Crippen LogP) is 4.06. The second kappa shape index (κ2) is 6.79. The van der Waals surface area contributed by atoms with Gasteiger partial charge in [-0.3, -0.25) is 10.1 Å². The summed E-state index contributed by atoms with van der Waals surface area (Å²) in [6, 6.07) is 16.6. The molecular formula is C23H23FN4O. The van der Waals surface area contributed by atoms with Crippen molar-refractivity contribution in [3.8, 4) is 0 Å². The maximum Gasteiger partial charge on any atom is 0.249 e. The second-order valence-corrected chi connectivity index (χ2v) is 8.28. The van der Waals surface area contributed by atoms with Crippen LogP contribution in [0.5, 0.6) is 0 Å². The lowest BCUT2D eigenvalue weighted by Gasteiger charge is -2.29. The first-order valence-electron chi connectivity index (χ1n) is 10.1. The maximum absolute atomic E-state index is 13.3. The Morgan fingerprint density at radius 1 is 1.14 bits per heavy atom. The number of amides is 1. The van der Waals surface area contributed by atoms with Gasteiger partial charge in [-0.2, -0.15) is 4.98 Å². The minimum atomic E-state index is -0.447. The first-order chi connectivity index (χ1) is 14.0. The molecule has 2 aliphatic rings. The van der Waals surface area contributed by atoms with Crippen LogP contribution < -0.4 is 5.32 Å². The number of carbonyl (C=O) groups excluding carboxylic acids is 1. The lowest BCUT2D eigenvalue weighted by atomic mass is 9.83. The van der Waals surface area contributed by atoms with Crippen LogP contribution in [0.4, 0.5) is 10.3 Å². The summed E-state index contributed by atoms with van der Waals surface area (Å²) < 4.78 is 15.2. The highest BCUT2D eigenvalue weighted by Crippen LogP contribution is 2.48. The third-order valence-electron chi connectivity index (χ3n) is 6.34. The molecule has 5 nitrogen and oxygen atoms in total. The van der Waals surface area contributed by atoms with Crippen molar-refractivity contribution in [3.63, 3.8) is 0 Å². The third-order valence-corrected chi connectivity index (χ3v) is 6.34. The Kier molecular flexibility index (Phi) is 4.23. The van der Waals surface area contributed by atoms with Gasteiger partial charge >= 0.3 is 0 Å². The van der Waals surface area contributed by atoms with E-state index >= 15 is 0 Å². The molecule has 1 aliphatic carbocycles. The van der Waals surface area contributed by atoms with E-state index in [9.17, 15) is 9.18 Å². The molecule has 2 aromatic carbocycles. The zero-order chi connectivity index (χ0) is 20.0. The molecule has 3 aromatic rings. The van der Waals surface area contributed by atoms with Crippen molar-refractivity contribution in [1.82, 2.24) is 14.8 Å². The zero-order valence-electron chi connectivity index (χ0n) is 16.3. The first kappa shape index (κ1) is 18.0. The fraction of sp³-hybridized carbons (Fsp3) is 0.348. The molecule has 1 amide bonds. The molecule has 6 heteroatoms. The Labute approximate surface area is 169 Å². The van der Waals surface area contributed by atoms with Gasteiger partial charge in [-0.15, -0.1) is 5.10 Å². The number of fused-ring (bicyclic) bond motifs is 1. The van der Waals surface area contributed by atoms with E-state index in [0.717, 1.165) is 36.2 Å². The van der Waals surface area contributed by atoms with Crippen molar-refractivity contribution in [2.45, 2.75) is 44.1 Å². The fourth-order valence-corrected chi connectivity index (χ4v) is 4.42. The van der Waals surface area contributed by atoms with E-state index in [2.05, 4.69) is 22.3 Å². The minimum absolute atomic E-state index is 0.0326. The van der Waals surface area contributed by atoms with Gasteiger partial charge in [-0.1, -0.05) is 49.4 Å². The topological polar surface area (TPSA) is 59.8 Å². The Balaban J connectivity index is 1.34. The third kappa shape index (κ3) is 3.22. The molecular weight excluding hydrogens is 367 g/mol. The highest BCUT2D eigenvalue weighted by Gasteiger charge is 2.51. The number of aromatic nitrogens is 3. The molecule has 2 unspecified atom stereocenters. The van der Waals surface area contributed by atoms with Crippen LogP contribution in [0.1, 0.15) is 42.6 Å². The molecule has 1 aromatic heterocycles. The maximum atomic E-state index is 13.3. The van der Waals surface area contributed by atoms with Gasteiger partial charge in [0.1, 0.15) is 11.6 Å². The minimum Gasteiger partial charge on any atom is -0.292 e. The number of hydrogen-bond donors (Lipinski definition) is 1. The summed E-state index contributed by atoms with van der Waals surface area (Å²) in [4.78, 5) is 17.5. The molecule has 1 fully saturated rings. The number of carbonyl (C=O) groups is 1. The number of nitrogens with zero attached hydrogens (tertiary/aromatic N) is 3. The summed E-state index contributed by atoms with van der Waals surface area (Å²) in [5.41, 5.74) is 1.70. The van der Waals surface area contributed by atoms with Crippen LogP contribution in [0.2, 0.25) is 0 Å². The van der Waals surface area contributed by atoms with E-state index in [1.54, 1.807) is 0 Å². The van der Waals surface area contributed by atoms with Crippen LogP contribution in [0, 0.1) is 11.7 Å². The quantitative estimate of drug-likeness (QED) is 0.731. The van der Waals surface area contributed by atoms with Gasteiger partial charge in [0.2, 0.25) is 11.9 Å². The SMILES string of the molecule is CC1Cc2nc(NC(=O)C3(c4ccccc4)CC3)nn2CC1c1ccc(F)cc1. The van der Waals surface area contributed by atoms with Gasteiger partial charge in [0.15, 0.2) is 0 Å². The van der Waals surface area contributed by atoms with E-state index < -0.39 is 5.41 Å². The summed E-state index contributed by atoms with van der Waals surface area (Å²) in [5.74, 6) is 1.60. The molecule has 1 aliphatic heterocycles. The van der Waals surface area contributed by atoms with Gasteiger partial charge < -0.3 is 0 Å². The molecule has 0 radical (unpaired) electrons. The van der Waals surface area contributed by atoms with Crippen molar-refractivity contribution in [1.29, 1.82) is 0 Å². The van der Waals surface area contributed by atoms with E-state index in [-0.39, 0.29) is 17.6 Å². The summed E-state index contributed by atoms with van der Waals surface area (Å²) in [6.07, 6.45) is 2.47. The Morgan fingerprint density at radius 3 is 2.55 bits per heavy atom. The molecule has 2 atom stereocenters. The number of nitrogens with one attached hydrogen (secondary N) is 1. The standard InChI is InChI=1S/C23H23FN4O/c1-15-13-20-25-22(26-21(29)23(11-12-23)17-5-3-2-4-6-17)27-28(20)14-19(15)16-7-9-18(24)10-8-16/h2-10,15,19H,11-14H2,1H3,(H,26,27,29). The van der Waals surface area contributed by atoms with Crippen LogP contribution in [0.15, 0.2) is 54.6 Å². The molecule has 29 heavy (non-hydrogen) atoms. The highest BCUT2D eigenvalue weighted by atomic mass is 19.1. The Hall–Kier alpha value is -3.02. The van der Waals surface area contributed by atoms with Crippen LogP contribution in [-0.2, 0) is 23.2 Å². The van der Waals surface area contributed by atoms with E-state index in [1.807, 2.05) is 47.1 Å². The molecule has 0 saturated heterocycles. The van der Waals surface area contributed by atoms with Crippen molar-refractivity contribution in [2.24, 2.45) is 5.92 Å². The fourth-order valence-electron chi connectivity index (χ4n) is 4.42. The first-order valence-corrected chi connectivity index (χ1v) is 10.1. The van der Waals surface area contributed by atoms with Crippen LogP contribution >= 0.6 is 0 Å². The van der Waals surface area contributed by atoms with Gasteiger partial charge in [-0.05, 0) is 42.0 Å². The van der Waals surface area contributed by atoms with Gasteiger partial charge in [0.25, 0.3) is 0 Å². The number of rotatable bonds is 4. The van der Waals surface area contributed by atoms with Crippen molar-refractivity contribution >= 4 is 11.9 Å². The smallest absolute Gasteiger partial charge is 0.249 e. The average Bonchev–Trinajstić information content (AvgIpc) is 3.45. The van der Waals surface area contributed by atoms with Gasteiger partial charge in [0, 0.05) is 12.3 Å². The number of hydrogen-bond acceptors (Lipinski definition) is 3. The molecule has 2 heterocycles. The van der Waals surface area contributed by atoms with E-state index in [0.29, 0.717) is 18.4 Å². The molecule has 1 saturated carbocycles. The molecule has 0 bridgehead atoms. The molecule has 1 N–H and O–H groups in total. The molecule has 5 rings (SSSR count).